The summed E-state index contributed by atoms with van der Waals surface area (Å²) in [7, 11) is 0. The number of carbonyl (C=O) groups is 2. The first-order chi connectivity index (χ1) is 12.6. The van der Waals surface area contributed by atoms with Crippen LogP contribution in [0.1, 0.15) is 21.7 Å². The summed E-state index contributed by atoms with van der Waals surface area (Å²) in [6, 6.07) is 16.2. The minimum absolute atomic E-state index is 0.0837. The maximum atomic E-state index is 12.1. The number of carbonyl (C=O) groups excluding carboxylic acids is 2. The SMILES string of the molecule is Cc1ccc(OC(=O)Cn2nnnc2C(=O)OCc2ccccc2)cc1. The maximum absolute atomic E-state index is 12.1. The molecule has 2 aromatic carbocycles. The lowest BCUT2D eigenvalue weighted by Crippen LogP contribution is -2.22. The van der Waals surface area contributed by atoms with Gasteiger partial charge in [0.05, 0.1) is 0 Å². The van der Waals surface area contributed by atoms with Crippen molar-refractivity contribution >= 4 is 11.9 Å². The molecule has 132 valence electrons. The van der Waals surface area contributed by atoms with Gasteiger partial charge in [-0.2, -0.15) is 0 Å². The highest BCUT2D eigenvalue weighted by molar-refractivity contribution is 5.85. The number of esters is 2. The first-order valence-electron chi connectivity index (χ1n) is 7.86. The lowest BCUT2D eigenvalue weighted by molar-refractivity contribution is -0.135. The van der Waals surface area contributed by atoms with Crippen LogP contribution in [0, 0.1) is 6.92 Å². The Morgan fingerprint density at radius 1 is 1.04 bits per heavy atom. The predicted octanol–water partition coefficient (Wildman–Crippen LogP) is 1.94. The molecule has 0 fully saturated rings. The molecule has 0 radical (unpaired) electrons. The van der Waals surface area contributed by atoms with Crippen molar-refractivity contribution in [2.75, 3.05) is 0 Å². The molecule has 0 saturated carbocycles. The van der Waals surface area contributed by atoms with E-state index in [4.69, 9.17) is 9.47 Å². The van der Waals surface area contributed by atoms with Crippen molar-refractivity contribution in [3.05, 3.63) is 71.5 Å². The molecule has 0 bridgehead atoms. The molecule has 3 aromatic rings. The molecule has 0 aliphatic carbocycles. The van der Waals surface area contributed by atoms with Crippen LogP contribution in [0.2, 0.25) is 0 Å². The Bertz CT molecular complexity index is 891. The van der Waals surface area contributed by atoms with E-state index in [2.05, 4.69) is 15.5 Å². The molecule has 8 nitrogen and oxygen atoms in total. The minimum atomic E-state index is -0.720. The Kier molecular flexibility index (Phi) is 5.33. The van der Waals surface area contributed by atoms with Crippen LogP contribution >= 0.6 is 0 Å². The number of hydrogen-bond donors (Lipinski definition) is 0. The van der Waals surface area contributed by atoms with Gasteiger partial charge in [-0.3, -0.25) is 0 Å². The lowest BCUT2D eigenvalue weighted by atomic mass is 10.2. The standard InChI is InChI=1S/C18H16N4O4/c1-13-7-9-15(10-8-13)26-16(23)11-22-17(19-20-21-22)18(24)25-12-14-5-3-2-4-6-14/h2-10H,11-12H2,1H3. The first kappa shape index (κ1) is 17.3. The van der Waals surface area contributed by atoms with Gasteiger partial charge in [0, 0.05) is 0 Å². The van der Waals surface area contributed by atoms with Crippen molar-refractivity contribution in [3.63, 3.8) is 0 Å². The van der Waals surface area contributed by atoms with Crippen LogP contribution in [0.4, 0.5) is 0 Å². The van der Waals surface area contributed by atoms with Gasteiger partial charge in [-0.15, -0.1) is 5.10 Å². The Labute approximate surface area is 149 Å². The van der Waals surface area contributed by atoms with Crippen molar-refractivity contribution in [2.24, 2.45) is 0 Å². The van der Waals surface area contributed by atoms with Crippen molar-refractivity contribution < 1.29 is 19.1 Å². The van der Waals surface area contributed by atoms with Crippen molar-refractivity contribution in [1.82, 2.24) is 20.2 Å². The second-order valence-electron chi connectivity index (χ2n) is 5.51. The van der Waals surface area contributed by atoms with Gasteiger partial charge in [-0.1, -0.05) is 48.0 Å². The molecule has 0 atom stereocenters. The predicted molar refractivity (Wildman–Crippen MR) is 90.2 cm³/mol. The van der Waals surface area contributed by atoms with Crippen molar-refractivity contribution in [3.8, 4) is 5.75 Å². The fraction of sp³-hybridized carbons (Fsp3) is 0.167. The Hall–Kier alpha value is -3.55. The molecule has 26 heavy (non-hydrogen) atoms. The molecular weight excluding hydrogens is 336 g/mol. The number of aromatic nitrogens is 4. The number of aryl methyl sites for hydroxylation is 1. The smallest absolute Gasteiger partial charge is 0.378 e. The molecular formula is C18H16N4O4. The van der Waals surface area contributed by atoms with Gasteiger partial charge in [0.2, 0.25) is 0 Å². The van der Waals surface area contributed by atoms with Crippen LogP contribution in [0.3, 0.4) is 0 Å². The van der Waals surface area contributed by atoms with E-state index in [0.717, 1.165) is 15.8 Å². The average molecular weight is 352 g/mol. The van der Waals surface area contributed by atoms with Crippen LogP contribution in [0.15, 0.2) is 54.6 Å². The van der Waals surface area contributed by atoms with Crippen LogP contribution < -0.4 is 4.74 Å². The van der Waals surface area contributed by atoms with E-state index >= 15 is 0 Å². The Balaban J connectivity index is 1.59. The summed E-state index contributed by atoms with van der Waals surface area (Å²) in [5.74, 6) is -1.08. The molecule has 0 saturated heterocycles. The third-order valence-corrected chi connectivity index (χ3v) is 3.46. The third-order valence-electron chi connectivity index (χ3n) is 3.46. The highest BCUT2D eigenvalue weighted by atomic mass is 16.5. The highest BCUT2D eigenvalue weighted by Crippen LogP contribution is 2.12. The number of tetrazole rings is 1. The van der Waals surface area contributed by atoms with E-state index < -0.39 is 11.9 Å². The first-order valence-corrected chi connectivity index (χ1v) is 7.86. The fourth-order valence-electron chi connectivity index (χ4n) is 2.14. The monoisotopic (exact) mass is 352 g/mol. The van der Waals surface area contributed by atoms with E-state index in [1.807, 2.05) is 49.4 Å². The van der Waals surface area contributed by atoms with Gasteiger partial charge in [0.25, 0.3) is 5.82 Å². The Morgan fingerprint density at radius 3 is 2.50 bits per heavy atom. The topological polar surface area (TPSA) is 96.2 Å². The van der Waals surface area contributed by atoms with Crippen molar-refractivity contribution in [1.29, 1.82) is 0 Å². The largest absolute Gasteiger partial charge is 0.455 e. The highest BCUT2D eigenvalue weighted by Gasteiger charge is 2.20. The Morgan fingerprint density at radius 2 is 1.77 bits per heavy atom. The van der Waals surface area contributed by atoms with Crippen molar-refractivity contribution in [2.45, 2.75) is 20.1 Å². The number of hydrogen-bond acceptors (Lipinski definition) is 7. The molecule has 0 spiro atoms. The zero-order valence-corrected chi connectivity index (χ0v) is 14.0. The van der Waals surface area contributed by atoms with Gasteiger partial charge >= 0.3 is 11.9 Å². The summed E-state index contributed by atoms with van der Waals surface area (Å²) in [6.07, 6.45) is 0. The van der Waals surface area contributed by atoms with Crippen LogP contribution in [-0.4, -0.2) is 32.1 Å². The molecule has 0 N–H and O–H groups in total. The molecule has 0 amide bonds. The van der Waals surface area contributed by atoms with Crippen LogP contribution in [0.25, 0.3) is 0 Å². The van der Waals surface area contributed by atoms with E-state index in [-0.39, 0.29) is 19.0 Å². The van der Waals surface area contributed by atoms with E-state index in [1.165, 1.54) is 0 Å². The van der Waals surface area contributed by atoms with Crippen LogP contribution in [0.5, 0.6) is 5.75 Å². The number of rotatable bonds is 6. The zero-order valence-electron chi connectivity index (χ0n) is 14.0. The van der Waals surface area contributed by atoms with Gasteiger partial charge in [-0.25, -0.2) is 14.3 Å². The summed E-state index contributed by atoms with van der Waals surface area (Å²) in [4.78, 5) is 24.2. The van der Waals surface area contributed by atoms with Gasteiger partial charge in [0.15, 0.2) is 0 Å². The second kappa shape index (κ2) is 8.02. The minimum Gasteiger partial charge on any atom is -0.455 e. The fourth-order valence-corrected chi connectivity index (χ4v) is 2.14. The van der Waals surface area contributed by atoms with Gasteiger partial charge < -0.3 is 9.47 Å². The lowest BCUT2D eigenvalue weighted by Gasteiger charge is -2.06. The summed E-state index contributed by atoms with van der Waals surface area (Å²) in [5.41, 5.74) is 1.88. The molecule has 0 aliphatic heterocycles. The number of ether oxygens (including phenoxy) is 2. The molecule has 0 aliphatic rings. The summed E-state index contributed by atoms with van der Waals surface area (Å²) in [5, 5.41) is 10.7. The second-order valence-corrected chi connectivity index (χ2v) is 5.51. The summed E-state index contributed by atoms with van der Waals surface area (Å²) >= 11 is 0. The van der Waals surface area contributed by atoms with Gasteiger partial charge in [0.1, 0.15) is 18.9 Å². The molecule has 1 aromatic heterocycles. The van der Waals surface area contributed by atoms with Crippen LogP contribution in [-0.2, 0) is 22.7 Å². The molecule has 8 heteroatoms. The summed E-state index contributed by atoms with van der Waals surface area (Å²) < 4.78 is 11.4. The van der Waals surface area contributed by atoms with E-state index in [1.54, 1.807) is 12.1 Å². The average Bonchev–Trinajstić information content (AvgIpc) is 3.10. The number of nitrogens with zero attached hydrogens (tertiary/aromatic N) is 4. The third kappa shape index (κ3) is 4.50. The normalized spacial score (nSPS) is 10.3. The summed E-state index contributed by atoms with van der Waals surface area (Å²) in [6.45, 7) is 1.71. The van der Waals surface area contributed by atoms with E-state index in [9.17, 15) is 9.59 Å². The quantitative estimate of drug-likeness (QED) is 0.494. The molecule has 3 rings (SSSR count). The molecule has 1 heterocycles. The van der Waals surface area contributed by atoms with Gasteiger partial charge in [-0.05, 0) is 35.0 Å². The molecule has 0 unspecified atom stereocenters. The zero-order chi connectivity index (χ0) is 18.4. The number of benzene rings is 2. The van der Waals surface area contributed by atoms with E-state index in [0.29, 0.717) is 5.75 Å². The maximum Gasteiger partial charge on any atom is 0.378 e.